The van der Waals surface area contributed by atoms with Gasteiger partial charge in [-0.2, -0.15) is 0 Å². The number of aryl methyl sites for hydroxylation is 3. The molecule has 0 radical (unpaired) electrons. The zero-order valence-electron chi connectivity index (χ0n) is 7.61. The molecular weight excluding hydrogens is 136 g/mol. The lowest BCUT2D eigenvalue weighted by molar-refractivity contribution is 0.477. The SMILES string of the molecule is CCCc1oc(C)cc1CC. The van der Waals surface area contributed by atoms with Crippen LogP contribution < -0.4 is 0 Å². The summed E-state index contributed by atoms with van der Waals surface area (Å²) >= 11 is 0. The zero-order chi connectivity index (χ0) is 8.27. The molecule has 11 heavy (non-hydrogen) atoms. The number of hydrogen-bond acceptors (Lipinski definition) is 1. The van der Waals surface area contributed by atoms with Gasteiger partial charge < -0.3 is 4.42 Å². The minimum Gasteiger partial charge on any atom is -0.466 e. The van der Waals surface area contributed by atoms with Gasteiger partial charge in [0.25, 0.3) is 0 Å². The first-order valence-corrected chi connectivity index (χ1v) is 4.36. The molecule has 0 amide bonds. The quantitative estimate of drug-likeness (QED) is 0.648. The lowest BCUT2D eigenvalue weighted by atomic mass is 10.1. The van der Waals surface area contributed by atoms with E-state index in [1.807, 2.05) is 6.92 Å². The van der Waals surface area contributed by atoms with Crippen molar-refractivity contribution < 1.29 is 4.42 Å². The molecule has 0 atom stereocenters. The van der Waals surface area contributed by atoms with E-state index in [-0.39, 0.29) is 0 Å². The van der Waals surface area contributed by atoms with E-state index in [9.17, 15) is 0 Å². The maximum atomic E-state index is 5.55. The molecule has 0 aromatic carbocycles. The van der Waals surface area contributed by atoms with Crippen molar-refractivity contribution in [1.82, 2.24) is 0 Å². The van der Waals surface area contributed by atoms with E-state index >= 15 is 0 Å². The topological polar surface area (TPSA) is 13.1 Å². The number of furan rings is 1. The van der Waals surface area contributed by atoms with Gasteiger partial charge in [-0.3, -0.25) is 0 Å². The van der Waals surface area contributed by atoms with Crippen molar-refractivity contribution in [2.24, 2.45) is 0 Å². The first kappa shape index (κ1) is 8.38. The molecule has 0 unspecified atom stereocenters. The van der Waals surface area contributed by atoms with E-state index in [4.69, 9.17) is 4.42 Å². The van der Waals surface area contributed by atoms with E-state index in [0.29, 0.717) is 0 Å². The van der Waals surface area contributed by atoms with E-state index < -0.39 is 0 Å². The van der Waals surface area contributed by atoms with Crippen LogP contribution in [-0.4, -0.2) is 0 Å². The molecule has 0 aliphatic rings. The molecule has 1 rings (SSSR count). The second-order valence-corrected chi connectivity index (χ2v) is 2.91. The Labute approximate surface area is 68.4 Å². The fourth-order valence-electron chi connectivity index (χ4n) is 1.35. The predicted molar refractivity (Wildman–Crippen MR) is 46.8 cm³/mol. The molecule has 0 fully saturated rings. The van der Waals surface area contributed by atoms with Gasteiger partial charge in [0, 0.05) is 6.42 Å². The first-order chi connectivity index (χ1) is 5.27. The molecule has 0 aliphatic heterocycles. The smallest absolute Gasteiger partial charge is 0.107 e. The van der Waals surface area contributed by atoms with Gasteiger partial charge in [-0.25, -0.2) is 0 Å². The average molecular weight is 152 g/mol. The Morgan fingerprint density at radius 1 is 1.36 bits per heavy atom. The minimum atomic E-state index is 1.05. The summed E-state index contributed by atoms with van der Waals surface area (Å²) in [5.41, 5.74) is 1.38. The summed E-state index contributed by atoms with van der Waals surface area (Å²) < 4.78 is 5.55. The molecule has 1 heteroatoms. The first-order valence-electron chi connectivity index (χ1n) is 4.36. The highest BCUT2D eigenvalue weighted by atomic mass is 16.3. The van der Waals surface area contributed by atoms with Crippen molar-refractivity contribution >= 4 is 0 Å². The lowest BCUT2D eigenvalue weighted by Crippen LogP contribution is -1.85. The van der Waals surface area contributed by atoms with Gasteiger partial charge in [0.1, 0.15) is 11.5 Å². The Hall–Kier alpha value is -0.720. The van der Waals surface area contributed by atoms with Gasteiger partial charge in [0.15, 0.2) is 0 Å². The predicted octanol–water partition coefficient (Wildman–Crippen LogP) is 3.10. The highest BCUT2D eigenvalue weighted by Crippen LogP contribution is 2.16. The van der Waals surface area contributed by atoms with Crippen molar-refractivity contribution in [2.45, 2.75) is 40.0 Å². The lowest BCUT2D eigenvalue weighted by Gasteiger charge is -1.95. The van der Waals surface area contributed by atoms with Gasteiger partial charge in [0.05, 0.1) is 0 Å². The van der Waals surface area contributed by atoms with Crippen molar-refractivity contribution in [3.05, 3.63) is 23.2 Å². The monoisotopic (exact) mass is 152 g/mol. The summed E-state index contributed by atoms with van der Waals surface area (Å²) in [5.74, 6) is 2.23. The second kappa shape index (κ2) is 3.61. The highest BCUT2D eigenvalue weighted by Gasteiger charge is 2.04. The van der Waals surface area contributed by atoms with Crippen LogP contribution in [0.4, 0.5) is 0 Å². The molecule has 1 aromatic rings. The van der Waals surface area contributed by atoms with Crippen LogP contribution in [0.2, 0.25) is 0 Å². The zero-order valence-corrected chi connectivity index (χ0v) is 7.61. The molecule has 1 aromatic heterocycles. The number of hydrogen-bond donors (Lipinski definition) is 0. The van der Waals surface area contributed by atoms with Gasteiger partial charge in [-0.05, 0) is 31.4 Å². The number of rotatable bonds is 3. The van der Waals surface area contributed by atoms with Crippen LogP contribution in [0.3, 0.4) is 0 Å². The fourth-order valence-corrected chi connectivity index (χ4v) is 1.35. The molecular formula is C10H16O. The second-order valence-electron chi connectivity index (χ2n) is 2.91. The molecule has 1 nitrogen and oxygen atoms in total. The normalized spacial score (nSPS) is 10.5. The van der Waals surface area contributed by atoms with Crippen LogP contribution in [0, 0.1) is 6.92 Å². The van der Waals surface area contributed by atoms with Crippen LogP contribution in [0.25, 0.3) is 0 Å². The van der Waals surface area contributed by atoms with Crippen LogP contribution in [0.5, 0.6) is 0 Å². The molecule has 0 spiro atoms. The third kappa shape index (κ3) is 1.86. The highest BCUT2D eigenvalue weighted by molar-refractivity contribution is 5.21. The van der Waals surface area contributed by atoms with Crippen LogP contribution in [0.15, 0.2) is 10.5 Å². The summed E-state index contributed by atoms with van der Waals surface area (Å²) in [7, 11) is 0. The Morgan fingerprint density at radius 3 is 2.64 bits per heavy atom. The molecule has 62 valence electrons. The molecule has 0 aliphatic carbocycles. The summed E-state index contributed by atoms with van der Waals surface area (Å²) in [6.45, 7) is 6.36. The molecule has 1 heterocycles. The Balaban J connectivity index is 2.83. The summed E-state index contributed by atoms with van der Waals surface area (Å²) in [6, 6.07) is 2.14. The van der Waals surface area contributed by atoms with Crippen molar-refractivity contribution in [3.8, 4) is 0 Å². The molecule has 0 saturated carbocycles. The Kier molecular flexibility index (Phi) is 2.75. The van der Waals surface area contributed by atoms with Crippen molar-refractivity contribution in [2.75, 3.05) is 0 Å². The standard InChI is InChI=1S/C10H16O/c1-4-6-10-9(5-2)7-8(3)11-10/h7H,4-6H2,1-3H3. The van der Waals surface area contributed by atoms with Crippen LogP contribution in [0.1, 0.15) is 37.4 Å². The van der Waals surface area contributed by atoms with E-state index in [1.54, 1.807) is 0 Å². The van der Waals surface area contributed by atoms with Crippen LogP contribution in [-0.2, 0) is 12.8 Å². The molecule has 0 N–H and O–H groups in total. The van der Waals surface area contributed by atoms with Crippen molar-refractivity contribution in [1.29, 1.82) is 0 Å². The Morgan fingerprint density at radius 2 is 2.09 bits per heavy atom. The largest absolute Gasteiger partial charge is 0.466 e. The van der Waals surface area contributed by atoms with Gasteiger partial charge in [-0.15, -0.1) is 0 Å². The third-order valence-electron chi connectivity index (χ3n) is 1.88. The van der Waals surface area contributed by atoms with Gasteiger partial charge in [0.2, 0.25) is 0 Å². The molecule has 0 saturated heterocycles. The Bertz CT molecular complexity index is 223. The van der Waals surface area contributed by atoms with Crippen LogP contribution >= 0.6 is 0 Å². The minimum absolute atomic E-state index is 1.05. The maximum absolute atomic E-state index is 5.55. The van der Waals surface area contributed by atoms with Crippen molar-refractivity contribution in [3.63, 3.8) is 0 Å². The summed E-state index contributed by atoms with van der Waals surface area (Å²) in [6.07, 6.45) is 3.34. The van der Waals surface area contributed by atoms with E-state index in [0.717, 1.165) is 18.6 Å². The maximum Gasteiger partial charge on any atom is 0.107 e. The summed E-state index contributed by atoms with van der Waals surface area (Å²) in [5, 5.41) is 0. The summed E-state index contributed by atoms with van der Waals surface area (Å²) in [4.78, 5) is 0. The van der Waals surface area contributed by atoms with E-state index in [1.165, 1.54) is 17.7 Å². The average Bonchev–Trinajstić information content (AvgIpc) is 2.32. The third-order valence-corrected chi connectivity index (χ3v) is 1.88. The van der Waals surface area contributed by atoms with E-state index in [2.05, 4.69) is 19.9 Å². The molecule has 0 bridgehead atoms. The fraction of sp³-hybridized carbons (Fsp3) is 0.600. The van der Waals surface area contributed by atoms with Gasteiger partial charge in [-0.1, -0.05) is 13.8 Å². The van der Waals surface area contributed by atoms with Gasteiger partial charge >= 0.3 is 0 Å².